The molecule has 0 aliphatic carbocycles. The van der Waals surface area contributed by atoms with E-state index in [2.05, 4.69) is 0 Å². The molecule has 0 spiro atoms. The Bertz CT molecular complexity index is 394. The Kier molecular flexibility index (Phi) is 4.69. The first-order valence-corrected chi connectivity index (χ1v) is 5.38. The molecule has 0 radical (unpaired) electrons. The van der Waals surface area contributed by atoms with Gasteiger partial charge < -0.3 is 9.47 Å². The molecule has 0 aromatic heterocycles. The van der Waals surface area contributed by atoms with Crippen LogP contribution in [0.15, 0.2) is 24.3 Å². The number of hydrogen-bond donors (Lipinski definition) is 0. The quantitative estimate of drug-likeness (QED) is 0.753. The van der Waals surface area contributed by atoms with Gasteiger partial charge in [-0.25, -0.2) is 0 Å². The van der Waals surface area contributed by atoms with Crippen LogP contribution in [0.3, 0.4) is 0 Å². The van der Waals surface area contributed by atoms with E-state index >= 15 is 0 Å². The molecule has 0 saturated carbocycles. The highest BCUT2D eigenvalue weighted by Gasteiger charge is 2.08. The molecule has 0 fully saturated rings. The van der Waals surface area contributed by atoms with Gasteiger partial charge in [-0.05, 0) is 18.1 Å². The van der Waals surface area contributed by atoms with Crippen LogP contribution in [0.5, 0.6) is 0 Å². The Morgan fingerprint density at radius 1 is 1.12 bits per heavy atom. The summed E-state index contributed by atoms with van der Waals surface area (Å²) in [5, 5.41) is 0. The normalized spacial score (nSPS) is 11.7. The third-order valence-electron chi connectivity index (χ3n) is 2.23. The number of benzene rings is 1. The van der Waals surface area contributed by atoms with Crippen LogP contribution in [-0.2, 0) is 25.7 Å². The van der Waals surface area contributed by atoms with Gasteiger partial charge in [0.1, 0.15) is 12.7 Å². The van der Waals surface area contributed by atoms with E-state index in [-0.39, 0.29) is 24.6 Å². The predicted octanol–water partition coefficient (Wildman–Crippen LogP) is 2.37. The zero-order valence-corrected chi connectivity index (χ0v) is 10.2. The van der Waals surface area contributed by atoms with E-state index in [0.717, 1.165) is 11.1 Å². The van der Waals surface area contributed by atoms with Gasteiger partial charge in [0, 0.05) is 13.8 Å². The van der Waals surface area contributed by atoms with Gasteiger partial charge in [-0.1, -0.05) is 24.3 Å². The van der Waals surface area contributed by atoms with Crippen molar-refractivity contribution >= 4 is 11.9 Å². The van der Waals surface area contributed by atoms with Crippen LogP contribution in [0.1, 0.15) is 38.0 Å². The molecule has 17 heavy (non-hydrogen) atoms. The van der Waals surface area contributed by atoms with E-state index in [1.165, 1.54) is 13.8 Å². The van der Waals surface area contributed by atoms with Crippen molar-refractivity contribution in [1.29, 1.82) is 0 Å². The fourth-order valence-electron chi connectivity index (χ4n) is 1.39. The van der Waals surface area contributed by atoms with Crippen molar-refractivity contribution in [3.63, 3.8) is 0 Å². The van der Waals surface area contributed by atoms with Crippen LogP contribution in [0.4, 0.5) is 0 Å². The Labute approximate surface area is 101 Å². The van der Waals surface area contributed by atoms with Gasteiger partial charge in [0.05, 0.1) is 0 Å². The Balaban J connectivity index is 2.60. The number of esters is 2. The lowest BCUT2D eigenvalue weighted by Gasteiger charge is -2.12. The summed E-state index contributed by atoms with van der Waals surface area (Å²) in [7, 11) is 0. The van der Waals surface area contributed by atoms with E-state index in [1.54, 1.807) is 0 Å². The van der Waals surface area contributed by atoms with E-state index in [1.807, 2.05) is 31.2 Å². The number of carbonyl (C=O) groups excluding carboxylic acids is 2. The molecule has 0 aliphatic rings. The monoisotopic (exact) mass is 236 g/mol. The average Bonchev–Trinajstić information content (AvgIpc) is 2.26. The molecule has 1 rings (SSSR count). The molecule has 92 valence electrons. The lowest BCUT2D eigenvalue weighted by molar-refractivity contribution is -0.146. The first-order chi connectivity index (χ1) is 7.99. The molecule has 1 unspecified atom stereocenters. The van der Waals surface area contributed by atoms with Crippen LogP contribution in [-0.4, -0.2) is 11.9 Å². The molecule has 0 saturated heterocycles. The highest BCUT2D eigenvalue weighted by atomic mass is 16.5. The molecule has 4 nitrogen and oxygen atoms in total. The Morgan fingerprint density at radius 3 is 2.18 bits per heavy atom. The maximum Gasteiger partial charge on any atom is 0.303 e. The second-order valence-electron chi connectivity index (χ2n) is 3.77. The van der Waals surface area contributed by atoms with Gasteiger partial charge in [-0.3, -0.25) is 9.59 Å². The molecule has 1 atom stereocenters. The van der Waals surface area contributed by atoms with E-state index in [0.29, 0.717) is 0 Å². The van der Waals surface area contributed by atoms with E-state index in [4.69, 9.17) is 9.47 Å². The second kappa shape index (κ2) is 6.03. The summed E-state index contributed by atoms with van der Waals surface area (Å²) in [6.07, 6.45) is -0.268. The first kappa shape index (κ1) is 13.2. The molecular weight excluding hydrogens is 220 g/mol. The lowest BCUT2D eigenvalue weighted by atomic mass is 10.1. The SMILES string of the molecule is CC(=O)OCc1ccc(C(C)OC(C)=O)cc1. The number of carbonyl (C=O) groups is 2. The fourth-order valence-corrected chi connectivity index (χ4v) is 1.39. The molecular formula is C13H16O4. The zero-order valence-electron chi connectivity index (χ0n) is 10.2. The van der Waals surface area contributed by atoms with Gasteiger partial charge in [0.2, 0.25) is 0 Å². The van der Waals surface area contributed by atoms with Crippen molar-refractivity contribution in [2.24, 2.45) is 0 Å². The summed E-state index contributed by atoms with van der Waals surface area (Å²) in [6.45, 7) is 4.82. The van der Waals surface area contributed by atoms with Crippen LogP contribution in [0, 0.1) is 0 Å². The molecule has 0 aliphatic heterocycles. The maximum absolute atomic E-state index is 10.8. The second-order valence-corrected chi connectivity index (χ2v) is 3.77. The highest BCUT2D eigenvalue weighted by Crippen LogP contribution is 2.17. The van der Waals surface area contributed by atoms with Gasteiger partial charge in [-0.15, -0.1) is 0 Å². The smallest absolute Gasteiger partial charge is 0.303 e. The van der Waals surface area contributed by atoms with Crippen molar-refractivity contribution in [3.05, 3.63) is 35.4 Å². The molecule has 1 aromatic carbocycles. The number of ether oxygens (including phenoxy) is 2. The predicted molar refractivity (Wildman–Crippen MR) is 62.1 cm³/mol. The van der Waals surface area contributed by atoms with Crippen molar-refractivity contribution in [1.82, 2.24) is 0 Å². The summed E-state index contributed by atoms with van der Waals surface area (Å²) < 4.78 is 9.92. The van der Waals surface area contributed by atoms with Crippen LogP contribution in [0.2, 0.25) is 0 Å². The molecule has 1 aromatic rings. The number of rotatable bonds is 4. The third-order valence-corrected chi connectivity index (χ3v) is 2.23. The van der Waals surface area contributed by atoms with Gasteiger partial charge in [0.25, 0.3) is 0 Å². The minimum absolute atomic E-state index is 0.261. The van der Waals surface area contributed by atoms with Crippen molar-refractivity contribution in [2.45, 2.75) is 33.5 Å². The topological polar surface area (TPSA) is 52.6 Å². The summed E-state index contributed by atoms with van der Waals surface area (Å²) in [5.74, 6) is -0.608. The van der Waals surface area contributed by atoms with Crippen molar-refractivity contribution < 1.29 is 19.1 Å². The summed E-state index contributed by atoms with van der Waals surface area (Å²) in [6, 6.07) is 7.40. The van der Waals surface area contributed by atoms with E-state index in [9.17, 15) is 9.59 Å². The van der Waals surface area contributed by atoms with Crippen molar-refractivity contribution in [2.75, 3.05) is 0 Å². The largest absolute Gasteiger partial charge is 0.461 e. The van der Waals surface area contributed by atoms with Crippen LogP contribution in [0.25, 0.3) is 0 Å². The maximum atomic E-state index is 10.8. The summed E-state index contributed by atoms with van der Waals surface area (Å²) >= 11 is 0. The highest BCUT2D eigenvalue weighted by molar-refractivity contribution is 5.66. The lowest BCUT2D eigenvalue weighted by Crippen LogP contribution is -2.05. The zero-order chi connectivity index (χ0) is 12.8. The van der Waals surface area contributed by atoms with Gasteiger partial charge in [0.15, 0.2) is 0 Å². The minimum atomic E-state index is -0.304. The average molecular weight is 236 g/mol. The Morgan fingerprint density at radius 2 is 1.71 bits per heavy atom. The molecule has 0 N–H and O–H groups in total. The molecule has 0 heterocycles. The standard InChI is InChI=1S/C13H16O4/c1-9(17-11(3)15)13-6-4-12(5-7-13)8-16-10(2)14/h4-7,9H,8H2,1-3H3. The molecule has 4 heteroatoms. The summed E-state index contributed by atoms with van der Waals surface area (Å²) in [4.78, 5) is 21.4. The van der Waals surface area contributed by atoms with E-state index < -0.39 is 0 Å². The fraction of sp³-hybridized carbons (Fsp3) is 0.385. The first-order valence-electron chi connectivity index (χ1n) is 5.38. The van der Waals surface area contributed by atoms with Gasteiger partial charge in [-0.2, -0.15) is 0 Å². The van der Waals surface area contributed by atoms with Crippen LogP contribution >= 0.6 is 0 Å². The van der Waals surface area contributed by atoms with Gasteiger partial charge >= 0.3 is 11.9 Å². The third kappa shape index (κ3) is 4.68. The van der Waals surface area contributed by atoms with Crippen molar-refractivity contribution in [3.8, 4) is 0 Å². The van der Waals surface area contributed by atoms with Crippen LogP contribution < -0.4 is 0 Å². The Hall–Kier alpha value is -1.84. The molecule has 0 bridgehead atoms. The number of hydrogen-bond acceptors (Lipinski definition) is 4. The summed E-state index contributed by atoms with van der Waals surface area (Å²) in [5.41, 5.74) is 1.81. The molecule has 0 amide bonds. The minimum Gasteiger partial charge on any atom is -0.461 e.